The highest BCUT2D eigenvalue weighted by molar-refractivity contribution is 5.84. The molecule has 0 amide bonds. The molecule has 3 nitrogen and oxygen atoms in total. The standard InChI is InChI=1S/C21H23NO2/c1-3-15-4-9-19(10-5-15)24-20-11-7-16-12-18(21(2,22)14-23)8-6-17(16)13-20/h4-13,23H,3,14,22H2,1-2H3. The Balaban J connectivity index is 1.87. The van der Waals surface area contributed by atoms with Crippen LogP contribution >= 0.6 is 0 Å². The molecule has 3 aromatic carbocycles. The summed E-state index contributed by atoms with van der Waals surface area (Å²) >= 11 is 0. The Morgan fingerprint density at radius 3 is 2.21 bits per heavy atom. The third kappa shape index (κ3) is 3.42. The van der Waals surface area contributed by atoms with Crippen LogP contribution in [0.3, 0.4) is 0 Å². The molecule has 3 aromatic rings. The van der Waals surface area contributed by atoms with Crippen LogP contribution in [0.1, 0.15) is 25.0 Å². The van der Waals surface area contributed by atoms with Crippen molar-refractivity contribution in [3.8, 4) is 11.5 Å². The van der Waals surface area contributed by atoms with Crippen LogP contribution in [0.2, 0.25) is 0 Å². The normalized spacial score (nSPS) is 13.7. The molecular formula is C21H23NO2. The first kappa shape index (κ1) is 16.5. The summed E-state index contributed by atoms with van der Waals surface area (Å²) in [5, 5.41) is 11.6. The molecule has 0 aliphatic carbocycles. The lowest BCUT2D eigenvalue weighted by Gasteiger charge is -2.22. The number of hydrogen-bond acceptors (Lipinski definition) is 3. The van der Waals surface area contributed by atoms with Crippen LogP contribution < -0.4 is 10.5 Å². The number of nitrogens with two attached hydrogens (primary N) is 1. The summed E-state index contributed by atoms with van der Waals surface area (Å²) in [6.45, 7) is 3.87. The van der Waals surface area contributed by atoms with E-state index < -0.39 is 5.54 Å². The fourth-order valence-corrected chi connectivity index (χ4v) is 2.66. The molecule has 1 atom stereocenters. The lowest BCUT2D eigenvalue weighted by atomic mass is 9.92. The minimum absolute atomic E-state index is 0.0898. The number of aliphatic hydroxyl groups excluding tert-OH is 1. The number of fused-ring (bicyclic) bond motifs is 1. The van der Waals surface area contributed by atoms with Gasteiger partial charge in [-0.25, -0.2) is 0 Å². The highest BCUT2D eigenvalue weighted by Gasteiger charge is 2.19. The fraction of sp³-hybridized carbons (Fsp3) is 0.238. The SMILES string of the molecule is CCc1ccc(Oc2ccc3cc(C(C)(N)CO)ccc3c2)cc1. The molecule has 0 bridgehead atoms. The van der Waals surface area contributed by atoms with E-state index in [1.807, 2.05) is 55.5 Å². The number of aryl methyl sites for hydroxylation is 1. The van der Waals surface area contributed by atoms with Gasteiger partial charge in [0.05, 0.1) is 12.1 Å². The van der Waals surface area contributed by atoms with Crippen LogP contribution in [0.4, 0.5) is 0 Å². The molecule has 0 saturated carbocycles. The molecule has 3 N–H and O–H groups in total. The highest BCUT2D eigenvalue weighted by atomic mass is 16.5. The van der Waals surface area contributed by atoms with Crippen LogP contribution in [0.15, 0.2) is 60.7 Å². The van der Waals surface area contributed by atoms with Crippen molar-refractivity contribution in [2.75, 3.05) is 6.61 Å². The van der Waals surface area contributed by atoms with Crippen molar-refractivity contribution in [3.63, 3.8) is 0 Å². The van der Waals surface area contributed by atoms with Gasteiger partial charge in [0.2, 0.25) is 0 Å². The molecule has 0 aliphatic rings. The number of benzene rings is 3. The summed E-state index contributed by atoms with van der Waals surface area (Å²) in [6.07, 6.45) is 1.02. The number of aliphatic hydroxyl groups is 1. The van der Waals surface area contributed by atoms with Gasteiger partial charge in [-0.3, -0.25) is 0 Å². The van der Waals surface area contributed by atoms with Crippen molar-refractivity contribution >= 4 is 10.8 Å². The lowest BCUT2D eigenvalue weighted by molar-refractivity contribution is 0.210. The Morgan fingerprint density at radius 2 is 1.54 bits per heavy atom. The molecule has 0 saturated heterocycles. The van der Waals surface area contributed by atoms with E-state index in [1.165, 1.54) is 5.56 Å². The summed E-state index contributed by atoms with van der Waals surface area (Å²) in [7, 11) is 0. The second kappa shape index (κ2) is 6.63. The Morgan fingerprint density at radius 1 is 0.917 bits per heavy atom. The zero-order valence-corrected chi connectivity index (χ0v) is 14.1. The molecule has 1 unspecified atom stereocenters. The predicted molar refractivity (Wildman–Crippen MR) is 98.5 cm³/mol. The van der Waals surface area contributed by atoms with Gasteiger partial charge in [-0.15, -0.1) is 0 Å². The largest absolute Gasteiger partial charge is 0.457 e. The highest BCUT2D eigenvalue weighted by Crippen LogP contribution is 2.28. The molecule has 24 heavy (non-hydrogen) atoms. The predicted octanol–water partition coefficient (Wildman–Crippen LogP) is 4.36. The van der Waals surface area contributed by atoms with Gasteiger partial charge in [0.1, 0.15) is 11.5 Å². The van der Waals surface area contributed by atoms with Gasteiger partial charge in [0.15, 0.2) is 0 Å². The first-order valence-electron chi connectivity index (χ1n) is 8.22. The molecule has 0 aromatic heterocycles. The van der Waals surface area contributed by atoms with Gasteiger partial charge in [0.25, 0.3) is 0 Å². The van der Waals surface area contributed by atoms with Gasteiger partial charge in [0, 0.05) is 0 Å². The smallest absolute Gasteiger partial charge is 0.128 e. The molecule has 0 spiro atoms. The van der Waals surface area contributed by atoms with E-state index in [2.05, 4.69) is 19.1 Å². The third-order valence-electron chi connectivity index (χ3n) is 4.37. The second-order valence-corrected chi connectivity index (χ2v) is 6.40. The van der Waals surface area contributed by atoms with Gasteiger partial charge >= 0.3 is 0 Å². The summed E-state index contributed by atoms with van der Waals surface area (Å²) in [5.74, 6) is 1.63. The molecule has 0 fully saturated rings. The van der Waals surface area contributed by atoms with Crippen LogP contribution in [0.5, 0.6) is 11.5 Å². The summed E-state index contributed by atoms with van der Waals surface area (Å²) in [4.78, 5) is 0. The summed E-state index contributed by atoms with van der Waals surface area (Å²) in [6, 6.07) is 20.1. The second-order valence-electron chi connectivity index (χ2n) is 6.40. The van der Waals surface area contributed by atoms with Gasteiger partial charge in [-0.05, 0) is 65.6 Å². The van der Waals surface area contributed by atoms with E-state index in [0.29, 0.717) is 0 Å². The van der Waals surface area contributed by atoms with Gasteiger partial charge in [-0.1, -0.05) is 37.3 Å². The summed E-state index contributed by atoms with van der Waals surface area (Å²) < 4.78 is 5.94. The maximum atomic E-state index is 9.42. The van der Waals surface area contributed by atoms with Crippen molar-refractivity contribution in [1.82, 2.24) is 0 Å². The van der Waals surface area contributed by atoms with Crippen LogP contribution in [0.25, 0.3) is 10.8 Å². The van der Waals surface area contributed by atoms with Crippen LogP contribution in [0, 0.1) is 0 Å². The first-order valence-corrected chi connectivity index (χ1v) is 8.22. The third-order valence-corrected chi connectivity index (χ3v) is 4.37. The van der Waals surface area contributed by atoms with Crippen molar-refractivity contribution in [1.29, 1.82) is 0 Å². The monoisotopic (exact) mass is 321 g/mol. The number of rotatable bonds is 5. The maximum Gasteiger partial charge on any atom is 0.128 e. The first-order chi connectivity index (χ1) is 11.5. The average molecular weight is 321 g/mol. The van der Waals surface area contributed by atoms with Crippen molar-refractivity contribution in [2.45, 2.75) is 25.8 Å². The van der Waals surface area contributed by atoms with Crippen LogP contribution in [-0.2, 0) is 12.0 Å². The van der Waals surface area contributed by atoms with Crippen LogP contribution in [-0.4, -0.2) is 11.7 Å². The lowest BCUT2D eigenvalue weighted by Crippen LogP contribution is -2.36. The topological polar surface area (TPSA) is 55.5 Å². The van der Waals surface area contributed by atoms with E-state index >= 15 is 0 Å². The van der Waals surface area contributed by atoms with Crippen molar-refractivity contribution < 1.29 is 9.84 Å². The fourth-order valence-electron chi connectivity index (χ4n) is 2.66. The van der Waals surface area contributed by atoms with E-state index in [0.717, 1.165) is 34.3 Å². The number of hydrogen-bond donors (Lipinski definition) is 2. The molecule has 0 radical (unpaired) electrons. The molecule has 0 heterocycles. The zero-order valence-electron chi connectivity index (χ0n) is 14.1. The Kier molecular flexibility index (Phi) is 4.56. The molecular weight excluding hydrogens is 298 g/mol. The Hall–Kier alpha value is -2.36. The van der Waals surface area contributed by atoms with E-state index in [1.54, 1.807) is 0 Å². The molecule has 0 aliphatic heterocycles. The maximum absolute atomic E-state index is 9.42. The van der Waals surface area contributed by atoms with Gasteiger partial charge in [-0.2, -0.15) is 0 Å². The molecule has 3 rings (SSSR count). The minimum Gasteiger partial charge on any atom is -0.457 e. The Bertz CT molecular complexity index is 838. The molecule has 3 heteroatoms. The van der Waals surface area contributed by atoms with E-state index in [4.69, 9.17) is 10.5 Å². The number of ether oxygens (including phenoxy) is 1. The average Bonchev–Trinajstić information content (AvgIpc) is 2.62. The minimum atomic E-state index is -0.732. The summed E-state index contributed by atoms with van der Waals surface area (Å²) in [5.41, 5.74) is 7.59. The van der Waals surface area contributed by atoms with Crippen molar-refractivity contribution in [3.05, 3.63) is 71.8 Å². The van der Waals surface area contributed by atoms with Gasteiger partial charge < -0.3 is 15.6 Å². The van der Waals surface area contributed by atoms with Crippen molar-refractivity contribution in [2.24, 2.45) is 5.73 Å². The molecule has 124 valence electrons. The Labute approximate surface area is 142 Å². The zero-order chi connectivity index (χ0) is 17.2. The quantitative estimate of drug-likeness (QED) is 0.734. The van der Waals surface area contributed by atoms with E-state index in [-0.39, 0.29) is 6.61 Å². The van der Waals surface area contributed by atoms with E-state index in [9.17, 15) is 5.11 Å².